The molecule has 3 rings (SSSR count). The van der Waals surface area contributed by atoms with Crippen molar-refractivity contribution in [3.8, 4) is 5.75 Å². The summed E-state index contributed by atoms with van der Waals surface area (Å²) in [4.78, 5) is 12.7. The van der Waals surface area contributed by atoms with Crippen molar-refractivity contribution >= 4 is 33.2 Å². The highest BCUT2D eigenvalue weighted by Gasteiger charge is 2.32. The highest BCUT2D eigenvalue weighted by atomic mass is 35.5. The molecule has 0 aromatic heterocycles. The molecule has 1 aliphatic heterocycles. The number of nitrogens with zero attached hydrogens (tertiary/aromatic N) is 1. The molecule has 2 aromatic rings. The Hall–Kier alpha value is -2.09. The van der Waals surface area contributed by atoms with Crippen LogP contribution in [0.15, 0.2) is 48.5 Å². The van der Waals surface area contributed by atoms with Crippen molar-refractivity contribution in [1.82, 2.24) is 4.31 Å². The van der Waals surface area contributed by atoms with Crippen LogP contribution in [0.5, 0.6) is 5.75 Å². The number of nitrogens with one attached hydrogen (secondary N) is 1. The van der Waals surface area contributed by atoms with Crippen LogP contribution in [-0.2, 0) is 20.6 Å². The zero-order valence-electron chi connectivity index (χ0n) is 16.3. The van der Waals surface area contributed by atoms with Gasteiger partial charge in [-0.3, -0.25) is 4.79 Å². The number of amides is 1. The second-order valence-electron chi connectivity index (χ2n) is 7.03. The van der Waals surface area contributed by atoms with E-state index in [1.165, 1.54) is 4.31 Å². The minimum atomic E-state index is -3.53. The van der Waals surface area contributed by atoms with Gasteiger partial charge in [0.15, 0.2) is 0 Å². The van der Waals surface area contributed by atoms with Crippen molar-refractivity contribution in [2.24, 2.45) is 5.92 Å². The fourth-order valence-corrected chi connectivity index (χ4v) is 5.19. The third-order valence-corrected chi connectivity index (χ3v) is 6.87. The SMILES string of the molecule is CCOc1ccc(NC(=O)[C@@H]2CCCN(S(=O)(=O)Cc3cccc(Cl)c3)C2)cc1. The van der Waals surface area contributed by atoms with Gasteiger partial charge in [0.1, 0.15) is 5.75 Å². The molecule has 1 saturated heterocycles. The third kappa shape index (κ3) is 5.95. The molecule has 1 fully saturated rings. The summed E-state index contributed by atoms with van der Waals surface area (Å²) in [7, 11) is -3.53. The number of sulfonamides is 1. The lowest BCUT2D eigenvalue weighted by atomic mass is 9.99. The van der Waals surface area contributed by atoms with E-state index in [-0.39, 0.29) is 24.1 Å². The van der Waals surface area contributed by atoms with Crippen LogP contribution in [0, 0.1) is 5.92 Å². The van der Waals surface area contributed by atoms with Crippen molar-refractivity contribution in [3.05, 3.63) is 59.1 Å². The quantitative estimate of drug-likeness (QED) is 0.713. The first-order valence-corrected chi connectivity index (χ1v) is 11.6. The summed E-state index contributed by atoms with van der Waals surface area (Å²) in [5.74, 6) is 0.0589. The molecule has 156 valence electrons. The smallest absolute Gasteiger partial charge is 0.228 e. The fraction of sp³-hybridized carbons (Fsp3) is 0.381. The zero-order chi connectivity index (χ0) is 20.9. The van der Waals surface area contributed by atoms with Crippen LogP contribution in [-0.4, -0.2) is 38.3 Å². The first-order valence-electron chi connectivity index (χ1n) is 9.63. The molecule has 0 unspecified atom stereocenters. The average Bonchev–Trinajstić information content (AvgIpc) is 2.69. The number of halogens is 1. The normalized spacial score (nSPS) is 17.7. The molecule has 29 heavy (non-hydrogen) atoms. The number of piperidine rings is 1. The number of rotatable bonds is 7. The summed E-state index contributed by atoms with van der Waals surface area (Å²) in [6.45, 7) is 3.10. The van der Waals surface area contributed by atoms with E-state index >= 15 is 0 Å². The van der Waals surface area contributed by atoms with E-state index in [1.54, 1.807) is 48.5 Å². The van der Waals surface area contributed by atoms with Crippen molar-refractivity contribution < 1.29 is 17.9 Å². The van der Waals surface area contributed by atoms with E-state index in [0.717, 1.165) is 5.75 Å². The summed E-state index contributed by atoms with van der Waals surface area (Å²) >= 11 is 5.96. The molecule has 6 nitrogen and oxygen atoms in total. The van der Waals surface area contributed by atoms with Crippen LogP contribution in [0.1, 0.15) is 25.3 Å². The lowest BCUT2D eigenvalue weighted by Crippen LogP contribution is -2.44. The maximum atomic E-state index is 12.8. The Morgan fingerprint density at radius 3 is 2.69 bits per heavy atom. The standard InChI is InChI=1S/C21H25ClN2O4S/c1-2-28-20-10-8-19(9-11-20)23-21(25)17-6-4-12-24(14-17)29(26,27)15-16-5-3-7-18(22)13-16/h3,5,7-11,13,17H,2,4,6,12,14-15H2,1H3,(H,23,25)/t17-/m1/s1. The molecule has 8 heteroatoms. The van der Waals surface area contributed by atoms with E-state index in [2.05, 4.69) is 5.32 Å². The molecule has 2 aromatic carbocycles. The second-order valence-corrected chi connectivity index (χ2v) is 9.44. The lowest BCUT2D eigenvalue weighted by Gasteiger charge is -2.31. The monoisotopic (exact) mass is 436 g/mol. The van der Waals surface area contributed by atoms with Crippen LogP contribution in [0.2, 0.25) is 5.02 Å². The van der Waals surface area contributed by atoms with Gasteiger partial charge in [-0.25, -0.2) is 12.7 Å². The van der Waals surface area contributed by atoms with E-state index in [4.69, 9.17) is 16.3 Å². The third-order valence-electron chi connectivity index (χ3n) is 4.82. The Bertz CT molecular complexity index is 947. The molecule has 1 aliphatic rings. The topological polar surface area (TPSA) is 75.7 Å². The lowest BCUT2D eigenvalue weighted by molar-refractivity contribution is -0.120. The largest absolute Gasteiger partial charge is 0.494 e. The number of benzene rings is 2. The molecule has 1 atom stereocenters. The van der Waals surface area contributed by atoms with Gasteiger partial charge in [0.2, 0.25) is 15.9 Å². The minimum Gasteiger partial charge on any atom is -0.494 e. The Labute approximate surface area is 176 Å². The number of carbonyl (C=O) groups excluding carboxylic acids is 1. The van der Waals surface area contributed by atoms with Crippen molar-refractivity contribution in [1.29, 1.82) is 0 Å². The van der Waals surface area contributed by atoms with Crippen LogP contribution in [0.3, 0.4) is 0 Å². The van der Waals surface area contributed by atoms with E-state index < -0.39 is 10.0 Å². The van der Waals surface area contributed by atoms with Crippen molar-refractivity contribution in [2.75, 3.05) is 25.0 Å². The average molecular weight is 437 g/mol. The minimum absolute atomic E-state index is 0.124. The van der Waals surface area contributed by atoms with Gasteiger partial charge in [-0.15, -0.1) is 0 Å². The number of ether oxygens (including phenoxy) is 1. The molecule has 0 bridgehead atoms. The van der Waals surface area contributed by atoms with Crippen LogP contribution in [0.4, 0.5) is 5.69 Å². The number of anilines is 1. The maximum Gasteiger partial charge on any atom is 0.228 e. The van der Waals surface area contributed by atoms with Gasteiger partial charge < -0.3 is 10.1 Å². The molecule has 1 N–H and O–H groups in total. The van der Waals surface area contributed by atoms with Crippen LogP contribution < -0.4 is 10.1 Å². The van der Waals surface area contributed by atoms with Crippen molar-refractivity contribution in [2.45, 2.75) is 25.5 Å². The Morgan fingerprint density at radius 2 is 2.00 bits per heavy atom. The molecule has 0 saturated carbocycles. The first-order chi connectivity index (χ1) is 13.9. The van der Waals surface area contributed by atoms with Crippen LogP contribution in [0.25, 0.3) is 0 Å². The van der Waals surface area contributed by atoms with Gasteiger partial charge in [0.05, 0.1) is 18.3 Å². The fourth-order valence-electron chi connectivity index (χ4n) is 3.38. The van der Waals surface area contributed by atoms with E-state index in [1.807, 2.05) is 6.92 Å². The molecule has 0 spiro atoms. The zero-order valence-corrected chi connectivity index (χ0v) is 17.9. The maximum absolute atomic E-state index is 12.8. The second kappa shape index (κ2) is 9.61. The Balaban J connectivity index is 1.62. The van der Waals surface area contributed by atoms with Crippen molar-refractivity contribution in [3.63, 3.8) is 0 Å². The highest BCUT2D eigenvalue weighted by molar-refractivity contribution is 7.88. The van der Waals surface area contributed by atoms with Gasteiger partial charge in [-0.1, -0.05) is 23.7 Å². The highest BCUT2D eigenvalue weighted by Crippen LogP contribution is 2.24. The summed E-state index contributed by atoms with van der Waals surface area (Å²) in [5, 5.41) is 3.38. The summed E-state index contributed by atoms with van der Waals surface area (Å²) in [6.07, 6.45) is 1.31. The number of hydrogen-bond acceptors (Lipinski definition) is 4. The van der Waals surface area contributed by atoms with Gasteiger partial charge in [0, 0.05) is 23.8 Å². The van der Waals surface area contributed by atoms with Crippen LogP contribution >= 0.6 is 11.6 Å². The molecule has 1 heterocycles. The number of carbonyl (C=O) groups is 1. The van der Waals surface area contributed by atoms with Gasteiger partial charge in [0.25, 0.3) is 0 Å². The molecular formula is C21H25ClN2O4S. The molecular weight excluding hydrogens is 412 g/mol. The summed E-state index contributed by atoms with van der Waals surface area (Å²) < 4.78 is 32.5. The summed E-state index contributed by atoms with van der Waals surface area (Å²) in [6, 6.07) is 14.0. The van der Waals surface area contributed by atoms with E-state index in [0.29, 0.717) is 42.3 Å². The van der Waals surface area contributed by atoms with E-state index in [9.17, 15) is 13.2 Å². The molecule has 0 radical (unpaired) electrons. The Kier molecular flexibility index (Phi) is 7.16. The van der Waals surface area contributed by atoms with Gasteiger partial charge in [-0.05, 0) is 61.7 Å². The predicted octanol–water partition coefficient (Wildman–Crippen LogP) is 3.92. The van der Waals surface area contributed by atoms with Gasteiger partial charge >= 0.3 is 0 Å². The predicted molar refractivity (Wildman–Crippen MR) is 115 cm³/mol. The summed E-state index contributed by atoms with van der Waals surface area (Å²) in [5.41, 5.74) is 1.30. The Morgan fingerprint density at radius 1 is 1.24 bits per heavy atom. The molecule has 1 amide bonds. The molecule has 0 aliphatic carbocycles. The van der Waals surface area contributed by atoms with Gasteiger partial charge in [-0.2, -0.15) is 0 Å². The number of hydrogen-bond donors (Lipinski definition) is 1. The first kappa shape index (κ1) is 21.6.